The zero-order chi connectivity index (χ0) is 15.4. The molecule has 8 nitrogen and oxygen atoms in total. The number of hydrogen-bond acceptors (Lipinski definition) is 6. The smallest absolute Gasteiger partial charge is 0.261 e. The first kappa shape index (κ1) is 15.0. The lowest BCUT2D eigenvalue weighted by Crippen LogP contribution is -2.17. The van der Waals surface area contributed by atoms with Crippen molar-refractivity contribution in [1.29, 1.82) is 0 Å². The predicted octanol–water partition coefficient (Wildman–Crippen LogP) is 0.594. The standard InChI is InChI=1S/C13H19N7O/c1-8-9(2)18-19-13(16-8)17-12(21)11-7-15-20(10(11)3)6-4-5-14/h7H,4-6,14H2,1-3H3,(H,16,17,19,21). The summed E-state index contributed by atoms with van der Waals surface area (Å²) in [5.74, 6) is -0.103. The van der Waals surface area contributed by atoms with Gasteiger partial charge < -0.3 is 5.73 Å². The highest BCUT2D eigenvalue weighted by atomic mass is 16.1. The Hall–Kier alpha value is -2.35. The van der Waals surface area contributed by atoms with Crippen molar-refractivity contribution < 1.29 is 4.79 Å². The van der Waals surface area contributed by atoms with Crippen LogP contribution >= 0.6 is 0 Å². The number of nitrogens with one attached hydrogen (secondary N) is 1. The molecule has 0 radical (unpaired) electrons. The number of anilines is 1. The van der Waals surface area contributed by atoms with Crippen LogP contribution in [-0.2, 0) is 6.54 Å². The number of aryl methyl sites for hydroxylation is 3. The van der Waals surface area contributed by atoms with E-state index in [1.807, 2.05) is 20.8 Å². The van der Waals surface area contributed by atoms with Crippen molar-refractivity contribution in [3.05, 3.63) is 28.8 Å². The molecule has 0 saturated carbocycles. The topological polar surface area (TPSA) is 112 Å². The predicted molar refractivity (Wildman–Crippen MR) is 77.9 cm³/mol. The van der Waals surface area contributed by atoms with Crippen molar-refractivity contribution in [1.82, 2.24) is 25.0 Å². The number of carbonyl (C=O) groups is 1. The van der Waals surface area contributed by atoms with E-state index in [0.717, 1.165) is 23.5 Å². The van der Waals surface area contributed by atoms with Crippen LogP contribution in [0.2, 0.25) is 0 Å². The van der Waals surface area contributed by atoms with Crippen LogP contribution in [-0.4, -0.2) is 37.4 Å². The van der Waals surface area contributed by atoms with Gasteiger partial charge >= 0.3 is 0 Å². The second kappa shape index (κ2) is 6.40. The molecular formula is C13H19N7O. The van der Waals surface area contributed by atoms with Gasteiger partial charge in [0.15, 0.2) is 0 Å². The minimum atomic E-state index is -0.295. The van der Waals surface area contributed by atoms with Crippen LogP contribution in [0.1, 0.15) is 33.9 Å². The highest BCUT2D eigenvalue weighted by molar-refractivity contribution is 6.03. The number of nitrogens with zero attached hydrogens (tertiary/aromatic N) is 5. The summed E-state index contributed by atoms with van der Waals surface area (Å²) in [7, 11) is 0. The molecule has 8 heteroatoms. The van der Waals surface area contributed by atoms with Crippen LogP contribution in [0, 0.1) is 20.8 Å². The summed E-state index contributed by atoms with van der Waals surface area (Å²) in [5, 5.41) is 14.6. The fourth-order valence-electron chi connectivity index (χ4n) is 1.81. The highest BCUT2D eigenvalue weighted by Gasteiger charge is 2.15. The van der Waals surface area contributed by atoms with E-state index in [1.54, 1.807) is 4.68 Å². The molecule has 0 spiro atoms. The van der Waals surface area contributed by atoms with Gasteiger partial charge in [-0.05, 0) is 33.7 Å². The maximum Gasteiger partial charge on any atom is 0.261 e. The normalized spacial score (nSPS) is 10.7. The minimum Gasteiger partial charge on any atom is -0.330 e. The van der Waals surface area contributed by atoms with Gasteiger partial charge in [-0.3, -0.25) is 14.8 Å². The van der Waals surface area contributed by atoms with Crippen molar-refractivity contribution >= 4 is 11.9 Å². The molecule has 2 aromatic rings. The van der Waals surface area contributed by atoms with Crippen LogP contribution in [0.15, 0.2) is 6.20 Å². The Bertz CT molecular complexity index is 650. The highest BCUT2D eigenvalue weighted by Crippen LogP contribution is 2.10. The van der Waals surface area contributed by atoms with Gasteiger partial charge in [0.05, 0.1) is 23.1 Å². The van der Waals surface area contributed by atoms with E-state index < -0.39 is 0 Å². The summed E-state index contributed by atoms with van der Waals surface area (Å²) < 4.78 is 1.77. The first-order valence-corrected chi connectivity index (χ1v) is 6.74. The van der Waals surface area contributed by atoms with Gasteiger partial charge in [0.25, 0.3) is 5.91 Å². The molecule has 0 aliphatic rings. The Labute approximate surface area is 122 Å². The Morgan fingerprint density at radius 2 is 2.05 bits per heavy atom. The molecule has 1 amide bonds. The molecule has 21 heavy (non-hydrogen) atoms. The molecule has 0 atom stereocenters. The van der Waals surface area contributed by atoms with Gasteiger partial charge in [0, 0.05) is 12.2 Å². The lowest BCUT2D eigenvalue weighted by Gasteiger charge is -2.06. The monoisotopic (exact) mass is 289 g/mol. The number of hydrogen-bond donors (Lipinski definition) is 2. The third-order valence-electron chi connectivity index (χ3n) is 3.24. The van der Waals surface area contributed by atoms with E-state index in [4.69, 9.17) is 5.73 Å². The number of nitrogens with two attached hydrogens (primary N) is 1. The van der Waals surface area contributed by atoms with Gasteiger partial charge in [0.2, 0.25) is 5.95 Å². The molecule has 3 N–H and O–H groups in total. The average molecular weight is 289 g/mol. The van der Waals surface area contributed by atoms with Crippen molar-refractivity contribution in [2.24, 2.45) is 5.73 Å². The summed E-state index contributed by atoms with van der Waals surface area (Å²) in [4.78, 5) is 16.4. The first-order valence-electron chi connectivity index (χ1n) is 6.74. The summed E-state index contributed by atoms with van der Waals surface area (Å²) >= 11 is 0. The molecule has 0 unspecified atom stereocenters. The van der Waals surface area contributed by atoms with E-state index in [2.05, 4.69) is 25.6 Å². The van der Waals surface area contributed by atoms with Crippen molar-refractivity contribution in [3.8, 4) is 0 Å². The van der Waals surface area contributed by atoms with E-state index >= 15 is 0 Å². The van der Waals surface area contributed by atoms with Gasteiger partial charge in [-0.1, -0.05) is 0 Å². The molecule has 2 rings (SSSR count). The van der Waals surface area contributed by atoms with Gasteiger partial charge in [0.1, 0.15) is 0 Å². The van der Waals surface area contributed by atoms with Crippen LogP contribution in [0.25, 0.3) is 0 Å². The van der Waals surface area contributed by atoms with Crippen LogP contribution in [0.5, 0.6) is 0 Å². The number of rotatable bonds is 5. The third-order valence-corrected chi connectivity index (χ3v) is 3.24. The fraction of sp³-hybridized carbons (Fsp3) is 0.462. The molecule has 2 heterocycles. The van der Waals surface area contributed by atoms with Crippen molar-refractivity contribution in [2.45, 2.75) is 33.7 Å². The van der Waals surface area contributed by atoms with Crippen LogP contribution < -0.4 is 11.1 Å². The lowest BCUT2D eigenvalue weighted by molar-refractivity contribution is 0.102. The minimum absolute atomic E-state index is 0.192. The third kappa shape index (κ3) is 3.40. The average Bonchev–Trinajstić information content (AvgIpc) is 2.82. The Morgan fingerprint density at radius 1 is 1.29 bits per heavy atom. The van der Waals surface area contributed by atoms with Crippen LogP contribution in [0.3, 0.4) is 0 Å². The second-order valence-corrected chi connectivity index (χ2v) is 4.77. The molecule has 0 aliphatic heterocycles. The quantitative estimate of drug-likeness (QED) is 0.833. The van der Waals surface area contributed by atoms with Crippen molar-refractivity contribution in [3.63, 3.8) is 0 Å². The SMILES string of the molecule is Cc1nnc(NC(=O)c2cnn(CCCN)c2C)nc1C. The molecular weight excluding hydrogens is 270 g/mol. The molecule has 2 aromatic heterocycles. The largest absolute Gasteiger partial charge is 0.330 e. The molecule has 0 fully saturated rings. The van der Waals surface area contributed by atoms with E-state index in [9.17, 15) is 4.79 Å². The van der Waals surface area contributed by atoms with E-state index in [1.165, 1.54) is 6.20 Å². The number of aromatic nitrogens is 5. The second-order valence-electron chi connectivity index (χ2n) is 4.77. The number of amides is 1. The van der Waals surface area contributed by atoms with E-state index in [-0.39, 0.29) is 11.9 Å². The van der Waals surface area contributed by atoms with E-state index in [0.29, 0.717) is 18.7 Å². The Kier molecular flexibility index (Phi) is 4.59. The zero-order valence-corrected chi connectivity index (χ0v) is 12.4. The van der Waals surface area contributed by atoms with Gasteiger partial charge in [-0.15, -0.1) is 5.10 Å². The summed E-state index contributed by atoms with van der Waals surface area (Å²) in [6.07, 6.45) is 2.35. The Balaban J connectivity index is 2.13. The molecule has 0 aliphatic carbocycles. The summed E-state index contributed by atoms with van der Waals surface area (Å²) in [6, 6.07) is 0. The fourth-order valence-corrected chi connectivity index (χ4v) is 1.81. The molecule has 0 aromatic carbocycles. The van der Waals surface area contributed by atoms with Crippen molar-refractivity contribution in [2.75, 3.05) is 11.9 Å². The molecule has 0 saturated heterocycles. The van der Waals surface area contributed by atoms with Crippen LogP contribution in [0.4, 0.5) is 5.95 Å². The maximum absolute atomic E-state index is 12.2. The summed E-state index contributed by atoms with van der Waals surface area (Å²) in [6.45, 7) is 6.75. The maximum atomic E-state index is 12.2. The molecule has 0 bridgehead atoms. The number of carbonyl (C=O) groups excluding carboxylic acids is 1. The Morgan fingerprint density at radius 3 is 2.71 bits per heavy atom. The lowest BCUT2D eigenvalue weighted by atomic mass is 10.2. The van der Waals surface area contributed by atoms with Gasteiger partial charge in [-0.25, -0.2) is 4.98 Å². The zero-order valence-electron chi connectivity index (χ0n) is 12.4. The van der Waals surface area contributed by atoms with Gasteiger partial charge in [-0.2, -0.15) is 10.2 Å². The molecule has 112 valence electrons. The summed E-state index contributed by atoms with van der Waals surface area (Å²) in [5.41, 5.74) is 8.23. The first-order chi connectivity index (χ1) is 10.0.